The third-order valence-corrected chi connectivity index (χ3v) is 4.83. The van der Waals surface area contributed by atoms with E-state index in [-0.39, 0.29) is 0 Å². The van der Waals surface area contributed by atoms with Crippen LogP contribution in [0.5, 0.6) is 5.75 Å². The minimum absolute atomic E-state index is 0.468. The quantitative estimate of drug-likeness (QED) is 0.743. The molecule has 0 radical (unpaired) electrons. The fourth-order valence-corrected chi connectivity index (χ4v) is 3.36. The number of aliphatic hydroxyl groups is 1. The summed E-state index contributed by atoms with van der Waals surface area (Å²) >= 11 is 1.66. The Labute approximate surface area is 145 Å². The van der Waals surface area contributed by atoms with Crippen LogP contribution in [0, 0.1) is 11.3 Å². The molecule has 2 aromatic carbocycles. The molecule has 1 heterocycles. The van der Waals surface area contributed by atoms with Gasteiger partial charge in [-0.25, -0.2) is 0 Å². The summed E-state index contributed by atoms with van der Waals surface area (Å²) in [5.74, 6) is 0.677. The Hall–Kier alpha value is -2.61. The van der Waals surface area contributed by atoms with Crippen LogP contribution in [0.25, 0.3) is 10.4 Å². The van der Waals surface area contributed by atoms with Gasteiger partial charge >= 0.3 is 0 Å². The lowest BCUT2D eigenvalue weighted by Gasteiger charge is -2.16. The first-order valence-electron chi connectivity index (χ1n) is 7.60. The molecule has 1 atom stereocenters. The Morgan fingerprint density at radius 2 is 1.96 bits per heavy atom. The molecule has 0 bridgehead atoms. The van der Waals surface area contributed by atoms with Crippen LogP contribution >= 0.6 is 11.3 Å². The molecule has 0 saturated heterocycles. The molecule has 3 aromatic rings. The first-order chi connectivity index (χ1) is 11.7. The summed E-state index contributed by atoms with van der Waals surface area (Å²) in [5.41, 5.74) is 3.43. The summed E-state index contributed by atoms with van der Waals surface area (Å²) in [6, 6.07) is 19.3. The molecule has 1 unspecified atom stereocenters. The molecule has 1 aromatic heterocycles. The molecule has 0 aliphatic carbocycles. The van der Waals surface area contributed by atoms with Crippen LogP contribution < -0.4 is 4.74 Å². The fraction of sp³-hybridized carbons (Fsp3) is 0.150. The number of rotatable bonds is 5. The van der Waals surface area contributed by atoms with Gasteiger partial charge in [-0.2, -0.15) is 5.26 Å². The van der Waals surface area contributed by atoms with Gasteiger partial charge in [0.15, 0.2) is 0 Å². The van der Waals surface area contributed by atoms with Gasteiger partial charge in [0.2, 0.25) is 0 Å². The van der Waals surface area contributed by atoms with Crippen LogP contribution in [0.2, 0.25) is 0 Å². The van der Waals surface area contributed by atoms with E-state index in [0.717, 1.165) is 21.6 Å². The average molecular weight is 335 g/mol. The van der Waals surface area contributed by atoms with Crippen molar-refractivity contribution in [2.75, 3.05) is 7.11 Å². The fourth-order valence-electron chi connectivity index (χ4n) is 2.64. The number of nitriles is 1. The second kappa shape index (κ2) is 7.31. The standard InChI is InChI=1S/C20H17NO2S/c1-23-19-9-8-16(20-3-2-10-24-20)12-17(19)18(22)11-14-4-6-15(13-21)7-5-14/h2-10,12,18,22H,11H2,1H3. The van der Waals surface area contributed by atoms with Crippen LogP contribution in [0.3, 0.4) is 0 Å². The maximum atomic E-state index is 10.7. The van der Waals surface area contributed by atoms with Gasteiger partial charge < -0.3 is 9.84 Å². The molecule has 3 nitrogen and oxygen atoms in total. The first-order valence-corrected chi connectivity index (χ1v) is 8.48. The molecule has 1 N–H and O–H groups in total. The predicted octanol–water partition coefficient (Wildman–Crippen LogP) is 4.57. The highest BCUT2D eigenvalue weighted by molar-refractivity contribution is 7.13. The van der Waals surface area contributed by atoms with E-state index in [0.29, 0.717) is 17.7 Å². The number of hydrogen-bond donors (Lipinski definition) is 1. The molecule has 0 amide bonds. The summed E-state index contributed by atoms with van der Waals surface area (Å²) in [7, 11) is 1.61. The Morgan fingerprint density at radius 3 is 2.58 bits per heavy atom. The Balaban J connectivity index is 1.88. The Bertz CT molecular complexity index is 848. The largest absolute Gasteiger partial charge is 0.496 e. The van der Waals surface area contributed by atoms with Gasteiger partial charge in [0.1, 0.15) is 5.75 Å². The minimum Gasteiger partial charge on any atom is -0.496 e. The summed E-state index contributed by atoms with van der Waals surface area (Å²) in [5, 5.41) is 21.6. The van der Waals surface area contributed by atoms with Crippen LogP contribution in [-0.2, 0) is 6.42 Å². The Kier molecular flexibility index (Phi) is 4.95. The van der Waals surface area contributed by atoms with E-state index in [1.165, 1.54) is 0 Å². The molecular weight excluding hydrogens is 318 g/mol. The molecule has 3 rings (SSSR count). The summed E-state index contributed by atoms with van der Waals surface area (Å²) in [6.45, 7) is 0. The van der Waals surface area contributed by atoms with Gasteiger partial charge in [-0.1, -0.05) is 18.2 Å². The maximum absolute atomic E-state index is 10.7. The van der Waals surface area contributed by atoms with E-state index in [4.69, 9.17) is 10.00 Å². The summed E-state index contributed by atoms with van der Waals surface area (Å²) in [4.78, 5) is 1.16. The van der Waals surface area contributed by atoms with Crippen molar-refractivity contribution in [2.24, 2.45) is 0 Å². The van der Waals surface area contributed by atoms with E-state index in [2.05, 4.69) is 12.1 Å². The predicted molar refractivity (Wildman–Crippen MR) is 96.1 cm³/mol. The summed E-state index contributed by atoms with van der Waals surface area (Å²) < 4.78 is 5.41. The smallest absolute Gasteiger partial charge is 0.124 e. The zero-order valence-corrected chi connectivity index (χ0v) is 14.1. The van der Waals surface area contributed by atoms with Gasteiger partial charge in [0.05, 0.1) is 24.8 Å². The van der Waals surface area contributed by atoms with Crippen molar-refractivity contribution in [1.29, 1.82) is 5.26 Å². The second-order valence-corrected chi connectivity index (χ2v) is 6.41. The van der Waals surface area contributed by atoms with E-state index in [9.17, 15) is 5.11 Å². The van der Waals surface area contributed by atoms with Crippen molar-refractivity contribution in [3.05, 3.63) is 76.7 Å². The van der Waals surface area contributed by atoms with Crippen LogP contribution in [0.15, 0.2) is 60.0 Å². The van der Waals surface area contributed by atoms with Crippen molar-refractivity contribution >= 4 is 11.3 Å². The average Bonchev–Trinajstić information content (AvgIpc) is 3.16. The van der Waals surface area contributed by atoms with Crippen molar-refractivity contribution in [2.45, 2.75) is 12.5 Å². The van der Waals surface area contributed by atoms with Crippen molar-refractivity contribution in [3.8, 4) is 22.3 Å². The van der Waals surface area contributed by atoms with Gasteiger partial charge in [-0.15, -0.1) is 11.3 Å². The van der Waals surface area contributed by atoms with Crippen LogP contribution in [-0.4, -0.2) is 12.2 Å². The number of benzene rings is 2. The second-order valence-electron chi connectivity index (χ2n) is 5.46. The molecule has 120 valence electrons. The maximum Gasteiger partial charge on any atom is 0.124 e. The monoisotopic (exact) mass is 335 g/mol. The van der Waals surface area contributed by atoms with Gasteiger partial charge in [0, 0.05) is 16.9 Å². The van der Waals surface area contributed by atoms with Crippen LogP contribution in [0.1, 0.15) is 22.8 Å². The zero-order chi connectivity index (χ0) is 16.9. The van der Waals surface area contributed by atoms with E-state index in [1.54, 1.807) is 30.6 Å². The van der Waals surface area contributed by atoms with Crippen molar-refractivity contribution < 1.29 is 9.84 Å². The molecule has 4 heteroatoms. The number of methoxy groups -OCH3 is 1. The number of aliphatic hydroxyl groups excluding tert-OH is 1. The van der Waals surface area contributed by atoms with Crippen LogP contribution in [0.4, 0.5) is 0 Å². The van der Waals surface area contributed by atoms with Crippen molar-refractivity contribution in [3.63, 3.8) is 0 Å². The zero-order valence-electron chi connectivity index (χ0n) is 13.3. The number of nitrogens with zero attached hydrogens (tertiary/aromatic N) is 1. The van der Waals surface area contributed by atoms with E-state index >= 15 is 0 Å². The molecule has 24 heavy (non-hydrogen) atoms. The molecule has 0 saturated carbocycles. The Morgan fingerprint density at radius 1 is 1.17 bits per heavy atom. The highest BCUT2D eigenvalue weighted by Gasteiger charge is 2.15. The topological polar surface area (TPSA) is 53.2 Å². The van der Waals surface area contributed by atoms with E-state index in [1.807, 2.05) is 41.8 Å². The summed E-state index contributed by atoms with van der Waals surface area (Å²) in [6.07, 6.45) is -0.205. The highest BCUT2D eigenvalue weighted by Crippen LogP contribution is 2.34. The molecule has 0 aliphatic rings. The first kappa shape index (κ1) is 16.3. The van der Waals surface area contributed by atoms with Gasteiger partial charge in [0.25, 0.3) is 0 Å². The lowest BCUT2D eigenvalue weighted by Crippen LogP contribution is -2.04. The number of hydrogen-bond acceptors (Lipinski definition) is 4. The molecular formula is C20H17NO2S. The van der Waals surface area contributed by atoms with Gasteiger partial charge in [-0.05, 0) is 52.9 Å². The lowest BCUT2D eigenvalue weighted by atomic mass is 9.98. The molecule has 0 aliphatic heterocycles. The van der Waals surface area contributed by atoms with Gasteiger partial charge in [-0.3, -0.25) is 0 Å². The SMILES string of the molecule is COc1ccc(-c2cccs2)cc1C(O)Cc1ccc(C#N)cc1. The normalized spacial score (nSPS) is 11.7. The molecule has 0 spiro atoms. The number of thiophene rings is 1. The number of ether oxygens (including phenoxy) is 1. The van der Waals surface area contributed by atoms with E-state index < -0.39 is 6.10 Å². The molecule has 0 fully saturated rings. The lowest BCUT2D eigenvalue weighted by molar-refractivity contribution is 0.174. The third kappa shape index (κ3) is 3.48. The van der Waals surface area contributed by atoms with Crippen molar-refractivity contribution in [1.82, 2.24) is 0 Å². The third-order valence-electron chi connectivity index (χ3n) is 3.91. The highest BCUT2D eigenvalue weighted by atomic mass is 32.1. The minimum atomic E-state index is -0.673.